The molecule has 2 nitrogen and oxygen atoms in total. The van der Waals surface area contributed by atoms with Crippen LogP contribution in [0.5, 0.6) is 0 Å². The minimum absolute atomic E-state index is 0.00491. The molecule has 0 saturated heterocycles. The fourth-order valence-corrected chi connectivity index (χ4v) is 15.0. The number of benzene rings is 5. The van der Waals surface area contributed by atoms with Crippen molar-refractivity contribution in [2.45, 2.75) is 186 Å². The minimum Gasteiger partial charge on any atom is -0.311 e. The Morgan fingerprint density at radius 1 is 0.431 bits per heavy atom. The number of nitrogens with zero attached hydrogens (tertiary/aromatic N) is 2. The maximum atomic E-state index is 2.83. The van der Waals surface area contributed by atoms with Crippen LogP contribution in [0.1, 0.15) is 198 Å². The number of anilines is 6. The molecule has 3 heteroatoms. The average molecular weight is 859 g/mol. The molecule has 5 saturated carbocycles. The van der Waals surface area contributed by atoms with E-state index in [2.05, 4.69) is 178 Å². The maximum absolute atomic E-state index is 2.83. The lowest BCUT2D eigenvalue weighted by molar-refractivity contribution is -0.00514. The SMILES string of the molecule is CC(C)(C)c1ccc(N2c3ccc(C(C)(C)C)cc3B3c4cc5c(cc4N(c4cc(C(C)(C)C)cc(C(C)(C)C)c4)c4cc(C67CC8CC(CC(C8)C6)C7)cc2c43)C2CCC5CC2)cc1. The molecule has 2 aliphatic heterocycles. The van der Waals surface area contributed by atoms with Crippen LogP contribution in [0, 0.1) is 17.8 Å². The van der Waals surface area contributed by atoms with Gasteiger partial charge in [0.05, 0.1) is 0 Å². The second-order valence-corrected chi connectivity index (χ2v) is 26.9. The molecule has 6 bridgehead atoms. The van der Waals surface area contributed by atoms with Gasteiger partial charge in [-0.2, -0.15) is 0 Å². The van der Waals surface area contributed by atoms with Crippen molar-refractivity contribution in [3.8, 4) is 0 Å². The van der Waals surface area contributed by atoms with Gasteiger partial charge >= 0.3 is 0 Å². The fourth-order valence-electron chi connectivity index (χ4n) is 15.0. The number of rotatable bonds is 3. The molecule has 0 aromatic heterocycles. The normalized spacial score (nSPS) is 26.3. The lowest BCUT2D eigenvalue weighted by atomic mass is 9.32. The molecule has 0 N–H and O–H groups in total. The Morgan fingerprint density at radius 2 is 0.892 bits per heavy atom. The summed E-state index contributed by atoms with van der Waals surface area (Å²) in [7, 11) is 0. The summed E-state index contributed by atoms with van der Waals surface area (Å²) >= 11 is 0. The standard InChI is InChI=1S/C62H75BN2/c1-58(2,3)42-17-20-47(21-18-42)64-53-22-19-43(59(4,5)6)29-51(53)63-52-32-49-40-13-15-41(16-14-40)50(49)33-54(52)65(48-27-44(60(7,8)9)26-45(28-48)61(10,11)12)56-31-46(30-55(64)57(56)63)62-34-37-23-38(35-62)25-39(24-37)36-62/h17-22,26-33,37-41H,13-16,23-25,34-36H2,1-12H3. The molecule has 0 amide bonds. The molecule has 7 aliphatic carbocycles. The van der Waals surface area contributed by atoms with Gasteiger partial charge in [-0.1, -0.05) is 119 Å². The van der Waals surface area contributed by atoms with E-state index in [9.17, 15) is 0 Å². The number of hydrogen-bond acceptors (Lipinski definition) is 2. The van der Waals surface area contributed by atoms with Gasteiger partial charge in [0.15, 0.2) is 0 Å². The van der Waals surface area contributed by atoms with Gasteiger partial charge < -0.3 is 9.80 Å². The molecule has 0 unspecified atom stereocenters. The molecule has 0 radical (unpaired) electrons. The van der Waals surface area contributed by atoms with Crippen molar-refractivity contribution in [1.29, 1.82) is 0 Å². The first-order chi connectivity index (χ1) is 30.6. The zero-order valence-electron chi connectivity index (χ0n) is 42.0. The summed E-state index contributed by atoms with van der Waals surface area (Å²) < 4.78 is 0. The van der Waals surface area contributed by atoms with Crippen LogP contribution in [0.3, 0.4) is 0 Å². The molecular formula is C62H75BN2. The second-order valence-electron chi connectivity index (χ2n) is 26.9. The van der Waals surface area contributed by atoms with Crippen molar-refractivity contribution in [1.82, 2.24) is 0 Å². The van der Waals surface area contributed by atoms with E-state index in [1.54, 1.807) is 16.7 Å². The summed E-state index contributed by atoms with van der Waals surface area (Å²) in [5, 5.41) is 0. The van der Waals surface area contributed by atoms with Crippen molar-refractivity contribution in [2.75, 3.05) is 9.80 Å². The summed E-state index contributed by atoms with van der Waals surface area (Å²) in [6, 6.07) is 36.1. The monoisotopic (exact) mass is 859 g/mol. The lowest BCUT2D eigenvalue weighted by Crippen LogP contribution is -2.62. The maximum Gasteiger partial charge on any atom is 0.252 e. The zero-order chi connectivity index (χ0) is 45.3. The van der Waals surface area contributed by atoms with E-state index >= 15 is 0 Å². The molecule has 0 spiro atoms. The molecular weight excluding hydrogens is 784 g/mol. The Morgan fingerprint density at radius 3 is 1.40 bits per heavy atom. The lowest BCUT2D eigenvalue weighted by Gasteiger charge is -2.57. The molecule has 5 aromatic rings. The zero-order valence-corrected chi connectivity index (χ0v) is 42.0. The van der Waals surface area contributed by atoms with Gasteiger partial charge in [0.25, 0.3) is 6.71 Å². The first-order valence-electron chi connectivity index (χ1n) is 26.0. The van der Waals surface area contributed by atoms with E-state index < -0.39 is 0 Å². The minimum atomic E-state index is 0.00491. The molecule has 0 atom stereocenters. The average Bonchev–Trinajstić information content (AvgIpc) is 3.24. The summed E-state index contributed by atoms with van der Waals surface area (Å²) in [4.78, 5) is 5.56. The van der Waals surface area contributed by atoms with Crippen LogP contribution in [0.2, 0.25) is 0 Å². The predicted molar refractivity (Wildman–Crippen MR) is 279 cm³/mol. The third-order valence-electron chi connectivity index (χ3n) is 18.3. The summed E-state index contributed by atoms with van der Waals surface area (Å²) in [6.45, 7) is 28.8. The summed E-state index contributed by atoms with van der Waals surface area (Å²) in [5.41, 5.74) is 23.7. The third kappa shape index (κ3) is 6.60. The van der Waals surface area contributed by atoms with Gasteiger partial charge in [0, 0.05) is 34.1 Å². The van der Waals surface area contributed by atoms with E-state index in [1.807, 2.05) is 0 Å². The number of fused-ring (bicyclic) bond motifs is 6. The molecule has 336 valence electrons. The highest BCUT2D eigenvalue weighted by molar-refractivity contribution is 7.00. The van der Waals surface area contributed by atoms with Crippen LogP contribution in [-0.2, 0) is 27.1 Å². The highest BCUT2D eigenvalue weighted by atomic mass is 15.2. The van der Waals surface area contributed by atoms with Crippen molar-refractivity contribution >= 4 is 57.2 Å². The largest absolute Gasteiger partial charge is 0.311 e. The van der Waals surface area contributed by atoms with Crippen LogP contribution in [0.4, 0.5) is 34.1 Å². The molecule has 5 fully saturated rings. The van der Waals surface area contributed by atoms with Crippen LogP contribution < -0.4 is 26.2 Å². The summed E-state index contributed by atoms with van der Waals surface area (Å²) in [6.07, 6.45) is 13.8. The van der Waals surface area contributed by atoms with Crippen molar-refractivity contribution < 1.29 is 0 Å². The van der Waals surface area contributed by atoms with Gasteiger partial charge in [-0.05, 0) is 225 Å². The highest BCUT2D eigenvalue weighted by Crippen LogP contribution is 2.62. The number of hydrogen-bond donors (Lipinski definition) is 0. The van der Waals surface area contributed by atoms with Gasteiger partial charge in [-0.3, -0.25) is 0 Å². The fraction of sp³-hybridized carbons (Fsp3) is 0.516. The highest BCUT2D eigenvalue weighted by Gasteiger charge is 2.53. The Bertz CT molecular complexity index is 2680. The quantitative estimate of drug-likeness (QED) is 0.163. The van der Waals surface area contributed by atoms with Crippen LogP contribution >= 0.6 is 0 Å². The van der Waals surface area contributed by atoms with E-state index in [0.29, 0.717) is 11.8 Å². The van der Waals surface area contributed by atoms with Crippen molar-refractivity contribution in [2.24, 2.45) is 17.8 Å². The third-order valence-corrected chi connectivity index (χ3v) is 18.3. The Labute approximate surface area is 393 Å². The van der Waals surface area contributed by atoms with Crippen molar-refractivity contribution in [3.05, 3.63) is 124 Å². The van der Waals surface area contributed by atoms with Gasteiger partial charge in [-0.25, -0.2) is 0 Å². The van der Waals surface area contributed by atoms with Gasteiger partial charge in [-0.15, -0.1) is 0 Å². The molecule has 2 heterocycles. The second kappa shape index (κ2) is 13.9. The molecule has 9 aliphatic rings. The first kappa shape index (κ1) is 42.1. The van der Waals surface area contributed by atoms with Crippen molar-refractivity contribution in [3.63, 3.8) is 0 Å². The van der Waals surface area contributed by atoms with E-state index in [4.69, 9.17) is 0 Å². The van der Waals surface area contributed by atoms with Gasteiger partial charge in [0.2, 0.25) is 0 Å². The summed E-state index contributed by atoms with van der Waals surface area (Å²) in [5.74, 6) is 3.95. The van der Waals surface area contributed by atoms with Gasteiger partial charge in [0.1, 0.15) is 0 Å². The van der Waals surface area contributed by atoms with E-state index in [0.717, 1.165) is 17.8 Å². The molecule has 14 rings (SSSR count). The van der Waals surface area contributed by atoms with Crippen LogP contribution in [0.25, 0.3) is 0 Å². The smallest absolute Gasteiger partial charge is 0.252 e. The van der Waals surface area contributed by atoms with E-state index in [-0.39, 0.29) is 33.8 Å². The first-order valence-corrected chi connectivity index (χ1v) is 26.0. The Balaban J connectivity index is 1.21. The molecule has 65 heavy (non-hydrogen) atoms. The topological polar surface area (TPSA) is 6.48 Å². The van der Waals surface area contributed by atoms with E-state index in [1.165, 1.54) is 137 Å². The Hall–Kier alpha value is -4.24. The van der Waals surface area contributed by atoms with Crippen LogP contribution in [-0.4, -0.2) is 6.71 Å². The van der Waals surface area contributed by atoms with Crippen LogP contribution in [0.15, 0.2) is 84.9 Å². The predicted octanol–water partition coefficient (Wildman–Crippen LogP) is 15.2. The Kier molecular flexibility index (Phi) is 9.02. The molecule has 5 aromatic carbocycles.